The molecular formula is C15H18N2O3S. The molecule has 1 aromatic rings. The van der Waals surface area contributed by atoms with Gasteiger partial charge in [0, 0.05) is 18.7 Å². The van der Waals surface area contributed by atoms with E-state index in [-0.39, 0.29) is 17.9 Å². The Kier molecular flexibility index (Phi) is 5.92. The van der Waals surface area contributed by atoms with Crippen molar-refractivity contribution < 1.29 is 13.5 Å². The summed E-state index contributed by atoms with van der Waals surface area (Å²) in [4.78, 5) is 0.0846. The first-order valence-corrected chi connectivity index (χ1v) is 7.84. The number of sulfonamides is 1. The second-order valence-electron chi connectivity index (χ2n) is 4.69. The fourth-order valence-corrected chi connectivity index (χ4v) is 3.24. The maximum absolute atomic E-state index is 12.6. The van der Waals surface area contributed by atoms with E-state index < -0.39 is 16.1 Å². The Balaban J connectivity index is 3.35. The number of nitrogens with zero attached hydrogens (tertiary/aromatic N) is 2. The molecule has 21 heavy (non-hydrogen) atoms. The molecule has 0 aliphatic heterocycles. The van der Waals surface area contributed by atoms with Crippen molar-refractivity contribution in [2.24, 2.45) is 0 Å². The SMILES string of the molecule is Cc1ccc(S(=O)(=O)N(C)C(C)CC#N)c(C#CCO)c1. The molecule has 6 heteroatoms. The van der Waals surface area contributed by atoms with Crippen LogP contribution in [0.5, 0.6) is 0 Å². The molecule has 0 heterocycles. The third kappa shape index (κ3) is 4.05. The van der Waals surface area contributed by atoms with Gasteiger partial charge in [0.1, 0.15) is 6.61 Å². The summed E-state index contributed by atoms with van der Waals surface area (Å²) in [5.41, 5.74) is 1.23. The highest BCUT2D eigenvalue weighted by Crippen LogP contribution is 2.22. The first-order valence-electron chi connectivity index (χ1n) is 6.40. The van der Waals surface area contributed by atoms with Crippen LogP contribution in [-0.2, 0) is 10.0 Å². The molecule has 0 radical (unpaired) electrons. The Hall–Kier alpha value is -1.86. The quantitative estimate of drug-likeness (QED) is 0.849. The largest absolute Gasteiger partial charge is 0.384 e. The number of nitriles is 1. The third-order valence-corrected chi connectivity index (χ3v) is 5.13. The van der Waals surface area contributed by atoms with Crippen molar-refractivity contribution in [1.29, 1.82) is 5.26 Å². The molecule has 1 atom stereocenters. The molecule has 0 aliphatic rings. The first kappa shape index (κ1) is 17.2. The zero-order chi connectivity index (χ0) is 16.0. The van der Waals surface area contributed by atoms with E-state index >= 15 is 0 Å². The van der Waals surface area contributed by atoms with Crippen molar-refractivity contribution in [3.8, 4) is 17.9 Å². The predicted octanol–water partition coefficient (Wildman–Crippen LogP) is 1.26. The highest BCUT2D eigenvalue weighted by atomic mass is 32.2. The van der Waals surface area contributed by atoms with Gasteiger partial charge in [-0.15, -0.1) is 0 Å². The van der Waals surface area contributed by atoms with Gasteiger partial charge in [-0.2, -0.15) is 9.57 Å². The van der Waals surface area contributed by atoms with Gasteiger partial charge in [0.15, 0.2) is 0 Å². The Morgan fingerprint density at radius 3 is 2.67 bits per heavy atom. The maximum atomic E-state index is 12.6. The Bertz CT molecular complexity index is 709. The van der Waals surface area contributed by atoms with Crippen molar-refractivity contribution in [2.75, 3.05) is 13.7 Å². The summed E-state index contributed by atoms with van der Waals surface area (Å²) in [7, 11) is -2.30. The lowest BCUT2D eigenvalue weighted by Gasteiger charge is -2.23. The van der Waals surface area contributed by atoms with Crippen LogP contribution in [0.15, 0.2) is 23.1 Å². The number of hydrogen-bond donors (Lipinski definition) is 1. The zero-order valence-electron chi connectivity index (χ0n) is 12.3. The summed E-state index contributed by atoms with van der Waals surface area (Å²) in [5.74, 6) is 5.13. The van der Waals surface area contributed by atoms with E-state index in [1.54, 1.807) is 19.1 Å². The van der Waals surface area contributed by atoms with Gasteiger partial charge < -0.3 is 5.11 Å². The van der Waals surface area contributed by atoms with E-state index in [2.05, 4.69) is 11.8 Å². The zero-order valence-corrected chi connectivity index (χ0v) is 13.1. The highest BCUT2D eigenvalue weighted by molar-refractivity contribution is 7.89. The molecule has 0 aromatic heterocycles. The summed E-state index contributed by atoms with van der Waals surface area (Å²) in [5, 5.41) is 17.5. The molecule has 0 saturated carbocycles. The molecule has 112 valence electrons. The van der Waals surface area contributed by atoms with E-state index in [4.69, 9.17) is 10.4 Å². The number of aryl methyl sites for hydroxylation is 1. The normalized spacial score (nSPS) is 12.4. The van der Waals surface area contributed by atoms with E-state index in [1.165, 1.54) is 17.4 Å². The van der Waals surface area contributed by atoms with Gasteiger partial charge >= 0.3 is 0 Å². The highest BCUT2D eigenvalue weighted by Gasteiger charge is 2.27. The number of aliphatic hydroxyl groups is 1. The molecule has 1 aromatic carbocycles. The molecule has 0 amide bonds. The molecule has 0 bridgehead atoms. The van der Waals surface area contributed by atoms with Gasteiger partial charge in [-0.05, 0) is 31.5 Å². The first-order chi connectivity index (χ1) is 9.84. The standard InChI is InChI=1S/C15H18N2O3S/c1-12-6-7-15(14(11-12)5-4-10-18)21(19,20)17(3)13(2)8-9-16/h6-7,11,13,18H,8,10H2,1-3H3. The van der Waals surface area contributed by atoms with Crippen molar-refractivity contribution in [3.63, 3.8) is 0 Å². The van der Waals surface area contributed by atoms with Crippen LogP contribution in [0.25, 0.3) is 0 Å². The van der Waals surface area contributed by atoms with Gasteiger partial charge in [0.05, 0.1) is 17.4 Å². The average molecular weight is 306 g/mol. The summed E-state index contributed by atoms with van der Waals surface area (Å²) < 4.78 is 26.4. The predicted molar refractivity (Wildman–Crippen MR) is 79.8 cm³/mol. The molecule has 1 rings (SSSR count). The van der Waals surface area contributed by atoms with Gasteiger partial charge in [-0.25, -0.2) is 8.42 Å². The topological polar surface area (TPSA) is 81.4 Å². The van der Waals surface area contributed by atoms with Crippen molar-refractivity contribution >= 4 is 10.0 Å². The van der Waals surface area contributed by atoms with E-state index in [9.17, 15) is 8.42 Å². The van der Waals surface area contributed by atoms with Crippen LogP contribution in [-0.4, -0.2) is 37.5 Å². The van der Waals surface area contributed by atoms with Crippen LogP contribution in [0.1, 0.15) is 24.5 Å². The Labute approximate surface area is 125 Å². The maximum Gasteiger partial charge on any atom is 0.244 e. The molecule has 1 N–H and O–H groups in total. The van der Waals surface area contributed by atoms with Crippen LogP contribution in [0.4, 0.5) is 0 Å². The van der Waals surface area contributed by atoms with Gasteiger partial charge in [-0.3, -0.25) is 0 Å². The lowest BCUT2D eigenvalue weighted by Crippen LogP contribution is -2.35. The fraction of sp³-hybridized carbons (Fsp3) is 0.400. The van der Waals surface area contributed by atoms with Crippen LogP contribution in [0.3, 0.4) is 0 Å². The Morgan fingerprint density at radius 2 is 2.10 bits per heavy atom. The van der Waals surface area contributed by atoms with Gasteiger partial charge in [0.2, 0.25) is 10.0 Å². The van der Waals surface area contributed by atoms with Crippen LogP contribution >= 0.6 is 0 Å². The van der Waals surface area contributed by atoms with Crippen molar-refractivity contribution in [1.82, 2.24) is 4.31 Å². The number of benzene rings is 1. The summed E-state index contributed by atoms with van der Waals surface area (Å²) >= 11 is 0. The van der Waals surface area contributed by atoms with Gasteiger partial charge in [0.25, 0.3) is 0 Å². The number of aliphatic hydroxyl groups excluding tert-OH is 1. The number of rotatable bonds is 4. The Morgan fingerprint density at radius 1 is 1.43 bits per heavy atom. The van der Waals surface area contributed by atoms with E-state index in [0.29, 0.717) is 5.56 Å². The van der Waals surface area contributed by atoms with Crippen LogP contribution < -0.4 is 0 Å². The molecular weight excluding hydrogens is 288 g/mol. The lowest BCUT2D eigenvalue weighted by molar-refractivity contribution is 0.350. The summed E-state index contributed by atoms with van der Waals surface area (Å²) in [6.07, 6.45) is 0.110. The minimum absolute atomic E-state index is 0.0846. The minimum atomic E-state index is -3.74. The van der Waals surface area contributed by atoms with E-state index in [1.807, 2.05) is 13.0 Å². The average Bonchev–Trinajstić information content (AvgIpc) is 2.44. The molecule has 5 nitrogen and oxygen atoms in total. The fourth-order valence-electron chi connectivity index (χ4n) is 1.75. The lowest BCUT2D eigenvalue weighted by atomic mass is 10.1. The molecule has 0 spiro atoms. The second-order valence-corrected chi connectivity index (χ2v) is 6.66. The second kappa shape index (κ2) is 7.24. The number of hydrogen-bond acceptors (Lipinski definition) is 4. The molecule has 1 unspecified atom stereocenters. The van der Waals surface area contributed by atoms with Gasteiger partial charge in [-0.1, -0.05) is 17.9 Å². The summed E-state index contributed by atoms with van der Waals surface area (Å²) in [6.45, 7) is 3.17. The van der Waals surface area contributed by atoms with Crippen molar-refractivity contribution in [2.45, 2.75) is 31.2 Å². The third-order valence-electron chi connectivity index (χ3n) is 3.10. The van der Waals surface area contributed by atoms with E-state index in [0.717, 1.165) is 5.56 Å². The molecule has 0 fully saturated rings. The molecule has 0 aliphatic carbocycles. The smallest absolute Gasteiger partial charge is 0.244 e. The molecule has 0 saturated heterocycles. The van der Waals surface area contributed by atoms with Crippen molar-refractivity contribution in [3.05, 3.63) is 29.3 Å². The summed E-state index contributed by atoms with van der Waals surface area (Å²) in [6, 6.07) is 6.39. The minimum Gasteiger partial charge on any atom is -0.384 e. The monoisotopic (exact) mass is 306 g/mol. The van der Waals surface area contributed by atoms with Crippen LogP contribution in [0.2, 0.25) is 0 Å². The van der Waals surface area contributed by atoms with Crippen LogP contribution in [0, 0.1) is 30.1 Å².